The zero-order valence-corrected chi connectivity index (χ0v) is 17.6. The number of nitrogens with two attached hydrogens (primary N) is 1. The molecule has 1 aromatic heterocycles. The Morgan fingerprint density at radius 3 is 2.39 bits per heavy atom. The SMILES string of the molecule is COC(=O)c1nn(C23CC(N4CCN(C(=O)OCc5ccccc5)CC4)(C2)C3)cc1N. The monoisotopic (exact) mass is 425 g/mol. The van der Waals surface area contributed by atoms with Crippen LogP contribution in [0.3, 0.4) is 0 Å². The van der Waals surface area contributed by atoms with E-state index in [1.54, 1.807) is 11.1 Å². The summed E-state index contributed by atoms with van der Waals surface area (Å²) in [5, 5.41) is 4.40. The molecule has 3 aliphatic carbocycles. The lowest BCUT2D eigenvalue weighted by Crippen LogP contribution is -2.80. The summed E-state index contributed by atoms with van der Waals surface area (Å²) in [5.41, 5.74) is 7.60. The molecule has 1 aliphatic heterocycles. The summed E-state index contributed by atoms with van der Waals surface area (Å²) in [5.74, 6) is -0.507. The number of aromatic nitrogens is 2. The second-order valence-corrected chi connectivity index (χ2v) is 8.86. The fourth-order valence-electron chi connectivity index (χ4n) is 5.32. The van der Waals surface area contributed by atoms with Gasteiger partial charge in [0.15, 0.2) is 5.69 Å². The summed E-state index contributed by atoms with van der Waals surface area (Å²) < 4.78 is 12.1. The van der Waals surface area contributed by atoms with E-state index in [-0.39, 0.29) is 22.9 Å². The maximum Gasteiger partial charge on any atom is 0.410 e. The van der Waals surface area contributed by atoms with Gasteiger partial charge in [0.1, 0.15) is 6.61 Å². The van der Waals surface area contributed by atoms with Gasteiger partial charge in [0.25, 0.3) is 0 Å². The van der Waals surface area contributed by atoms with Gasteiger partial charge in [0, 0.05) is 37.9 Å². The molecule has 1 saturated heterocycles. The number of benzene rings is 1. The smallest absolute Gasteiger partial charge is 0.410 e. The van der Waals surface area contributed by atoms with E-state index in [4.69, 9.17) is 15.2 Å². The maximum atomic E-state index is 12.4. The van der Waals surface area contributed by atoms with Gasteiger partial charge in [-0.25, -0.2) is 9.59 Å². The summed E-state index contributed by atoms with van der Waals surface area (Å²) in [6, 6.07) is 9.72. The van der Waals surface area contributed by atoms with Gasteiger partial charge in [-0.1, -0.05) is 30.3 Å². The van der Waals surface area contributed by atoms with Crippen molar-refractivity contribution in [1.29, 1.82) is 0 Å². The average Bonchev–Trinajstić information content (AvgIpc) is 3.12. The number of carbonyl (C=O) groups excluding carboxylic acids is 2. The summed E-state index contributed by atoms with van der Waals surface area (Å²) >= 11 is 0. The molecular weight excluding hydrogens is 398 g/mol. The Kier molecular flexibility index (Phi) is 4.65. The van der Waals surface area contributed by atoms with Crippen molar-refractivity contribution in [3.05, 3.63) is 47.8 Å². The molecule has 1 amide bonds. The molecule has 9 heteroatoms. The van der Waals surface area contributed by atoms with Crippen LogP contribution in [0.4, 0.5) is 10.5 Å². The van der Waals surface area contributed by atoms with Gasteiger partial charge in [0.05, 0.1) is 18.3 Å². The van der Waals surface area contributed by atoms with Gasteiger partial charge in [-0.2, -0.15) is 5.10 Å². The first-order valence-corrected chi connectivity index (χ1v) is 10.6. The standard InChI is InChI=1S/C22H27N5O4/c1-30-19(28)18-17(23)11-27(24-18)22-13-21(14-22,15-22)26-9-7-25(8-10-26)20(29)31-12-16-5-3-2-4-6-16/h2-6,11H,7-10,12-15,23H2,1H3. The van der Waals surface area contributed by atoms with E-state index in [0.29, 0.717) is 25.4 Å². The number of carbonyl (C=O) groups is 2. The van der Waals surface area contributed by atoms with E-state index in [1.165, 1.54) is 7.11 Å². The van der Waals surface area contributed by atoms with Crippen molar-refractivity contribution < 1.29 is 19.1 Å². The second-order valence-electron chi connectivity index (χ2n) is 8.86. The number of hydrogen-bond donors (Lipinski definition) is 1. The fourth-order valence-corrected chi connectivity index (χ4v) is 5.32. The number of anilines is 1. The number of methoxy groups -OCH3 is 1. The molecule has 2 aromatic rings. The number of rotatable bonds is 5. The third kappa shape index (κ3) is 3.23. The van der Waals surface area contributed by atoms with E-state index >= 15 is 0 Å². The molecule has 2 bridgehead atoms. The topological polar surface area (TPSA) is 103 Å². The molecule has 0 atom stereocenters. The van der Waals surface area contributed by atoms with Crippen LogP contribution in [-0.4, -0.2) is 70.5 Å². The van der Waals surface area contributed by atoms with Crippen molar-refractivity contribution in [2.24, 2.45) is 0 Å². The van der Waals surface area contributed by atoms with Crippen LogP contribution < -0.4 is 5.73 Å². The van der Waals surface area contributed by atoms with E-state index < -0.39 is 5.97 Å². The van der Waals surface area contributed by atoms with Gasteiger partial charge in [-0.3, -0.25) is 9.58 Å². The molecule has 31 heavy (non-hydrogen) atoms. The number of amides is 1. The molecule has 6 rings (SSSR count). The quantitative estimate of drug-likeness (QED) is 0.729. The number of nitrogen functional groups attached to an aromatic ring is 1. The molecule has 164 valence electrons. The van der Waals surface area contributed by atoms with Gasteiger partial charge >= 0.3 is 12.1 Å². The van der Waals surface area contributed by atoms with Crippen LogP contribution in [0.15, 0.2) is 36.5 Å². The highest BCUT2D eigenvalue weighted by molar-refractivity contribution is 5.92. The van der Waals surface area contributed by atoms with Gasteiger partial charge in [-0.15, -0.1) is 0 Å². The first-order chi connectivity index (χ1) is 14.9. The van der Waals surface area contributed by atoms with E-state index in [2.05, 4.69) is 10.00 Å². The molecular formula is C22H27N5O4. The molecule has 4 fully saturated rings. The van der Waals surface area contributed by atoms with E-state index in [0.717, 1.165) is 37.9 Å². The summed E-state index contributed by atoms with van der Waals surface area (Å²) in [4.78, 5) is 28.5. The maximum absolute atomic E-state index is 12.4. The highest BCUT2D eigenvalue weighted by Crippen LogP contribution is 2.68. The third-order valence-corrected chi connectivity index (χ3v) is 7.00. The first kappa shape index (κ1) is 19.9. The minimum atomic E-state index is -0.507. The van der Waals surface area contributed by atoms with Gasteiger partial charge in [-0.05, 0) is 24.8 Å². The van der Waals surface area contributed by atoms with Crippen LogP contribution in [-0.2, 0) is 21.6 Å². The van der Waals surface area contributed by atoms with Crippen molar-refractivity contribution in [2.45, 2.75) is 36.9 Å². The predicted octanol–water partition coefficient (Wildman–Crippen LogP) is 1.84. The van der Waals surface area contributed by atoms with Crippen LogP contribution in [0.25, 0.3) is 0 Å². The summed E-state index contributed by atoms with van der Waals surface area (Å²) in [6.45, 7) is 3.32. The van der Waals surface area contributed by atoms with Crippen molar-refractivity contribution in [2.75, 3.05) is 39.0 Å². The van der Waals surface area contributed by atoms with Gasteiger partial charge < -0.3 is 20.1 Å². The molecule has 9 nitrogen and oxygen atoms in total. The van der Waals surface area contributed by atoms with Crippen molar-refractivity contribution in [3.8, 4) is 0 Å². The first-order valence-electron chi connectivity index (χ1n) is 10.6. The molecule has 4 aliphatic rings. The number of hydrogen-bond acceptors (Lipinski definition) is 7. The van der Waals surface area contributed by atoms with Crippen LogP contribution in [0.1, 0.15) is 35.3 Å². The number of nitrogens with zero attached hydrogens (tertiary/aromatic N) is 4. The zero-order valence-electron chi connectivity index (χ0n) is 17.6. The lowest BCUT2D eigenvalue weighted by atomic mass is 9.43. The predicted molar refractivity (Wildman–Crippen MR) is 112 cm³/mol. The average molecular weight is 425 g/mol. The Morgan fingerprint density at radius 2 is 1.74 bits per heavy atom. The van der Waals surface area contributed by atoms with E-state index in [9.17, 15) is 9.59 Å². The Morgan fingerprint density at radius 1 is 1.06 bits per heavy atom. The fraction of sp³-hybridized carbons (Fsp3) is 0.500. The molecule has 2 heterocycles. The Bertz CT molecular complexity index is 977. The Labute approximate surface area is 180 Å². The molecule has 0 spiro atoms. The molecule has 0 unspecified atom stereocenters. The van der Waals surface area contributed by atoms with Crippen molar-refractivity contribution in [3.63, 3.8) is 0 Å². The van der Waals surface area contributed by atoms with Gasteiger partial charge in [0.2, 0.25) is 0 Å². The van der Waals surface area contributed by atoms with Crippen molar-refractivity contribution in [1.82, 2.24) is 19.6 Å². The lowest BCUT2D eigenvalue weighted by Gasteiger charge is -2.74. The van der Waals surface area contributed by atoms with Crippen LogP contribution in [0.2, 0.25) is 0 Å². The lowest BCUT2D eigenvalue weighted by molar-refractivity contribution is -0.216. The van der Waals surface area contributed by atoms with E-state index in [1.807, 2.05) is 35.0 Å². The normalized spacial score (nSPS) is 27.2. The zero-order chi connectivity index (χ0) is 21.6. The van der Waals surface area contributed by atoms with Crippen LogP contribution >= 0.6 is 0 Å². The van der Waals surface area contributed by atoms with Crippen molar-refractivity contribution >= 4 is 17.7 Å². The molecule has 2 N–H and O–H groups in total. The largest absolute Gasteiger partial charge is 0.464 e. The highest BCUT2D eigenvalue weighted by atomic mass is 16.6. The molecule has 3 saturated carbocycles. The summed E-state index contributed by atoms with van der Waals surface area (Å²) in [7, 11) is 1.33. The third-order valence-electron chi connectivity index (χ3n) is 7.00. The second kappa shape index (κ2) is 7.26. The van der Waals surface area contributed by atoms with Crippen LogP contribution in [0.5, 0.6) is 0 Å². The minimum Gasteiger partial charge on any atom is -0.464 e. The Balaban J connectivity index is 1.12. The number of ether oxygens (including phenoxy) is 2. The number of esters is 1. The highest BCUT2D eigenvalue weighted by Gasteiger charge is 2.71. The number of piperazine rings is 1. The molecule has 0 radical (unpaired) electrons. The Hall–Kier alpha value is -3.07. The minimum absolute atomic E-state index is 0.0495. The van der Waals surface area contributed by atoms with Crippen LogP contribution in [0, 0.1) is 0 Å². The molecule has 1 aromatic carbocycles. The summed E-state index contributed by atoms with van der Waals surface area (Å²) in [6.07, 6.45) is 4.45.